The number of nitrogens with zero attached hydrogens (tertiary/aromatic N) is 3. The third-order valence-electron chi connectivity index (χ3n) is 6.20. The van der Waals surface area contributed by atoms with E-state index in [-0.39, 0.29) is 13.2 Å². The van der Waals surface area contributed by atoms with Crippen LogP contribution in [0.2, 0.25) is 0 Å². The molecule has 0 fully saturated rings. The third-order valence-corrected chi connectivity index (χ3v) is 6.20. The molecule has 1 heterocycles. The van der Waals surface area contributed by atoms with Gasteiger partial charge in [0, 0.05) is 24.2 Å². The number of aryl methyl sites for hydroxylation is 3. The van der Waals surface area contributed by atoms with Gasteiger partial charge in [-0.2, -0.15) is 4.98 Å². The first kappa shape index (κ1) is 28.3. The third kappa shape index (κ3) is 7.61. The normalized spacial score (nSPS) is 12.1. The summed E-state index contributed by atoms with van der Waals surface area (Å²) in [6.07, 6.45) is -0.196. The number of aliphatic hydroxyl groups excluding tert-OH is 2. The van der Waals surface area contributed by atoms with Gasteiger partial charge in [0.2, 0.25) is 11.7 Å². The number of hydrogen-bond donors (Lipinski definition) is 3. The molecule has 0 aliphatic carbocycles. The van der Waals surface area contributed by atoms with Crippen LogP contribution in [0.25, 0.3) is 22.8 Å². The smallest absolute Gasteiger partial charge is 0.258 e. The second kappa shape index (κ2) is 13.3. The predicted octanol–water partition coefficient (Wildman–Crippen LogP) is 3.27. The Morgan fingerprint density at radius 1 is 1.11 bits per heavy atom. The molecule has 9 heteroatoms. The maximum absolute atomic E-state index is 11.2. The highest BCUT2D eigenvalue weighted by atomic mass is 16.5. The van der Waals surface area contributed by atoms with Gasteiger partial charge >= 0.3 is 0 Å². The first-order valence-corrected chi connectivity index (χ1v) is 12.8. The summed E-state index contributed by atoms with van der Waals surface area (Å²) < 4.78 is 11.6. The zero-order chi connectivity index (χ0) is 26.9. The van der Waals surface area contributed by atoms with Crippen LogP contribution in [0.3, 0.4) is 0 Å². The van der Waals surface area contributed by atoms with E-state index in [1.807, 2.05) is 26.0 Å². The molecule has 0 radical (unpaired) electrons. The molecule has 0 saturated carbocycles. The van der Waals surface area contributed by atoms with Gasteiger partial charge in [-0.05, 0) is 74.3 Å². The molecular formula is C28H38N4O5. The highest BCUT2D eigenvalue weighted by Gasteiger charge is 2.17. The van der Waals surface area contributed by atoms with Crippen molar-refractivity contribution in [2.24, 2.45) is 0 Å². The Morgan fingerprint density at radius 2 is 1.86 bits per heavy atom. The van der Waals surface area contributed by atoms with Gasteiger partial charge in [-0.1, -0.05) is 37.6 Å². The summed E-state index contributed by atoms with van der Waals surface area (Å²) in [5.41, 5.74) is 5.90. The van der Waals surface area contributed by atoms with Crippen molar-refractivity contribution in [1.29, 1.82) is 0 Å². The van der Waals surface area contributed by atoms with E-state index >= 15 is 0 Å². The van der Waals surface area contributed by atoms with Crippen molar-refractivity contribution in [2.45, 2.75) is 53.7 Å². The highest BCUT2D eigenvalue weighted by molar-refractivity contribution is 5.76. The average molecular weight is 511 g/mol. The van der Waals surface area contributed by atoms with Gasteiger partial charge in [-0.25, -0.2) is 0 Å². The summed E-state index contributed by atoms with van der Waals surface area (Å²) in [5, 5.41) is 25.6. The molecule has 0 unspecified atom stereocenters. The molecule has 3 aromatic rings. The Hall–Kier alpha value is -3.27. The first-order chi connectivity index (χ1) is 17.8. The fourth-order valence-corrected chi connectivity index (χ4v) is 4.21. The lowest BCUT2D eigenvalue weighted by Gasteiger charge is -2.18. The van der Waals surface area contributed by atoms with Crippen LogP contribution < -0.4 is 10.1 Å². The second-order valence-corrected chi connectivity index (χ2v) is 9.15. The van der Waals surface area contributed by atoms with Gasteiger partial charge in [0.1, 0.15) is 25.1 Å². The van der Waals surface area contributed by atoms with Crippen molar-refractivity contribution in [1.82, 2.24) is 20.4 Å². The van der Waals surface area contributed by atoms with Crippen molar-refractivity contribution in [2.75, 3.05) is 32.8 Å². The zero-order valence-corrected chi connectivity index (χ0v) is 22.4. The number of aromatic nitrogens is 2. The Balaban J connectivity index is 1.79. The Labute approximate surface area is 218 Å². The summed E-state index contributed by atoms with van der Waals surface area (Å²) in [4.78, 5) is 18.2. The van der Waals surface area contributed by atoms with Gasteiger partial charge < -0.3 is 24.8 Å². The van der Waals surface area contributed by atoms with Crippen LogP contribution >= 0.6 is 0 Å². The number of hydrogen-bond acceptors (Lipinski definition) is 8. The second-order valence-electron chi connectivity index (χ2n) is 9.15. The van der Waals surface area contributed by atoms with E-state index in [9.17, 15) is 9.90 Å². The molecule has 9 nitrogen and oxygen atoms in total. The largest absolute Gasteiger partial charge is 0.490 e. The van der Waals surface area contributed by atoms with Gasteiger partial charge in [-0.15, -0.1) is 0 Å². The number of carbonyl (C=O) groups is 1. The van der Waals surface area contributed by atoms with Gasteiger partial charge in [0.25, 0.3) is 5.89 Å². The van der Waals surface area contributed by atoms with Crippen LogP contribution in [-0.2, 0) is 17.8 Å². The van der Waals surface area contributed by atoms with Crippen LogP contribution in [0.4, 0.5) is 0 Å². The number of benzene rings is 2. The zero-order valence-electron chi connectivity index (χ0n) is 22.4. The van der Waals surface area contributed by atoms with Crippen molar-refractivity contribution in [3.05, 3.63) is 52.6 Å². The summed E-state index contributed by atoms with van der Waals surface area (Å²) in [5.74, 6) is 1.11. The Bertz CT molecular complexity index is 1190. The SMILES string of the molecule is CCc1cc(-c2noc(-c3cc(C)cc(CN(CC)CC)c3)n2)cc(C)c1OC[C@@H](O)CNC(=O)CO. The van der Waals surface area contributed by atoms with Crippen molar-refractivity contribution < 1.29 is 24.3 Å². The molecule has 200 valence electrons. The molecule has 0 saturated heterocycles. The summed E-state index contributed by atoms with van der Waals surface area (Å²) in [6.45, 7) is 12.6. The van der Waals surface area contributed by atoms with Crippen LogP contribution in [0.5, 0.6) is 5.75 Å². The number of nitrogens with one attached hydrogen (secondary N) is 1. The molecule has 0 aliphatic heterocycles. The molecule has 2 aromatic carbocycles. The minimum Gasteiger partial charge on any atom is -0.490 e. The van der Waals surface area contributed by atoms with E-state index in [2.05, 4.69) is 59.3 Å². The van der Waals surface area contributed by atoms with Gasteiger partial charge in [0.15, 0.2) is 0 Å². The lowest BCUT2D eigenvalue weighted by Crippen LogP contribution is -2.36. The lowest BCUT2D eigenvalue weighted by atomic mass is 10.0. The maximum Gasteiger partial charge on any atom is 0.258 e. The number of carbonyl (C=O) groups excluding carboxylic acids is 1. The molecule has 0 spiro atoms. The monoisotopic (exact) mass is 510 g/mol. The predicted molar refractivity (Wildman–Crippen MR) is 142 cm³/mol. The summed E-state index contributed by atoms with van der Waals surface area (Å²) in [7, 11) is 0. The van der Waals surface area contributed by atoms with Crippen LogP contribution in [0.1, 0.15) is 43.0 Å². The number of rotatable bonds is 13. The van der Waals surface area contributed by atoms with Gasteiger partial charge in [0.05, 0.1) is 0 Å². The maximum atomic E-state index is 11.2. The topological polar surface area (TPSA) is 121 Å². The molecule has 0 bridgehead atoms. The first-order valence-electron chi connectivity index (χ1n) is 12.8. The summed E-state index contributed by atoms with van der Waals surface area (Å²) in [6, 6.07) is 10.3. The molecule has 1 amide bonds. The molecule has 3 N–H and O–H groups in total. The van der Waals surface area contributed by atoms with Crippen molar-refractivity contribution in [3.8, 4) is 28.6 Å². The number of amides is 1. The van der Waals surface area contributed by atoms with Gasteiger partial charge in [-0.3, -0.25) is 9.69 Å². The lowest BCUT2D eigenvalue weighted by molar-refractivity contribution is -0.124. The number of aliphatic hydroxyl groups is 2. The van der Waals surface area contributed by atoms with E-state index in [0.29, 0.717) is 23.9 Å². The van der Waals surface area contributed by atoms with Crippen LogP contribution in [0.15, 0.2) is 34.9 Å². The minimum absolute atomic E-state index is 0.000780. The molecule has 1 atom stereocenters. The van der Waals surface area contributed by atoms with E-state index in [1.165, 1.54) is 5.56 Å². The van der Waals surface area contributed by atoms with E-state index in [4.69, 9.17) is 14.4 Å². The Kier molecular flexibility index (Phi) is 10.2. The fraction of sp³-hybridized carbons (Fsp3) is 0.464. The van der Waals surface area contributed by atoms with Crippen molar-refractivity contribution in [3.63, 3.8) is 0 Å². The number of ether oxygens (including phenoxy) is 1. The average Bonchev–Trinajstić information content (AvgIpc) is 3.39. The molecule has 3 rings (SSSR count). The highest BCUT2D eigenvalue weighted by Crippen LogP contribution is 2.31. The molecule has 0 aliphatic rings. The quantitative estimate of drug-likeness (QED) is 0.320. The molecule has 1 aromatic heterocycles. The van der Waals surface area contributed by atoms with Crippen molar-refractivity contribution >= 4 is 5.91 Å². The molecule has 37 heavy (non-hydrogen) atoms. The van der Waals surface area contributed by atoms with E-state index < -0.39 is 18.6 Å². The fourth-order valence-electron chi connectivity index (χ4n) is 4.21. The summed E-state index contributed by atoms with van der Waals surface area (Å²) >= 11 is 0. The van der Waals surface area contributed by atoms with Crippen LogP contribution in [-0.4, -0.2) is 70.1 Å². The Morgan fingerprint density at radius 3 is 2.54 bits per heavy atom. The van der Waals surface area contributed by atoms with E-state index in [0.717, 1.165) is 47.5 Å². The van der Waals surface area contributed by atoms with E-state index in [1.54, 1.807) is 0 Å². The molecular weight excluding hydrogens is 472 g/mol. The standard InChI is InChI=1S/C28H38N4O5/c1-6-21-13-22(11-19(5)26(21)36-17-24(34)14-29-25(35)16-33)27-30-28(37-31-27)23-10-18(4)9-20(12-23)15-32(7-2)8-3/h9-13,24,33-34H,6-8,14-17H2,1-5H3,(H,29,35)/t24-/m0/s1. The minimum atomic E-state index is -0.903. The van der Waals surface area contributed by atoms with Crippen LogP contribution in [0, 0.1) is 13.8 Å².